The molecule has 4 N–H and O–H groups in total. The van der Waals surface area contributed by atoms with Gasteiger partial charge >= 0.3 is 0 Å². The SMILES string of the molecule is CCSC1CCCC1NC(=O)C1(C(N)=NO)CCCCC1. The molecule has 0 aliphatic heterocycles. The second kappa shape index (κ2) is 7.38. The Morgan fingerprint density at radius 1 is 1.33 bits per heavy atom. The van der Waals surface area contributed by atoms with Crippen molar-refractivity contribution in [2.45, 2.75) is 69.6 Å². The van der Waals surface area contributed by atoms with Gasteiger partial charge in [0.25, 0.3) is 0 Å². The van der Waals surface area contributed by atoms with E-state index in [0.29, 0.717) is 18.1 Å². The summed E-state index contributed by atoms with van der Waals surface area (Å²) in [5.74, 6) is 1.12. The summed E-state index contributed by atoms with van der Waals surface area (Å²) in [6.07, 6.45) is 7.78. The van der Waals surface area contributed by atoms with Crippen LogP contribution < -0.4 is 11.1 Å². The lowest BCUT2D eigenvalue weighted by molar-refractivity contribution is -0.129. The van der Waals surface area contributed by atoms with Crippen molar-refractivity contribution in [1.29, 1.82) is 0 Å². The summed E-state index contributed by atoms with van der Waals surface area (Å²) in [7, 11) is 0. The number of rotatable bonds is 5. The van der Waals surface area contributed by atoms with Crippen molar-refractivity contribution in [3.8, 4) is 0 Å². The van der Waals surface area contributed by atoms with Crippen molar-refractivity contribution in [2.75, 3.05) is 5.75 Å². The zero-order valence-electron chi connectivity index (χ0n) is 12.8. The molecule has 2 fully saturated rings. The smallest absolute Gasteiger partial charge is 0.234 e. The number of nitrogens with two attached hydrogens (primary N) is 1. The van der Waals surface area contributed by atoms with E-state index in [1.807, 2.05) is 11.8 Å². The van der Waals surface area contributed by atoms with E-state index in [4.69, 9.17) is 10.9 Å². The first kappa shape index (κ1) is 16.5. The van der Waals surface area contributed by atoms with Crippen molar-refractivity contribution < 1.29 is 10.0 Å². The van der Waals surface area contributed by atoms with Gasteiger partial charge in [0.05, 0.1) is 0 Å². The number of carbonyl (C=O) groups excluding carboxylic acids is 1. The summed E-state index contributed by atoms with van der Waals surface area (Å²) in [5.41, 5.74) is 5.09. The van der Waals surface area contributed by atoms with Crippen LogP contribution in [0, 0.1) is 5.41 Å². The topological polar surface area (TPSA) is 87.7 Å². The van der Waals surface area contributed by atoms with Crippen LogP contribution in [0.5, 0.6) is 0 Å². The first-order chi connectivity index (χ1) is 10.1. The van der Waals surface area contributed by atoms with Crippen LogP contribution in [-0.4, -0.2) is 34.0 Å². The lowest BCUT2D eigenvalue weighted by Crippen LogP contribution is -2.54. The highest BCUT2D eigenvalue weighted by Gasteiger charge is 2.45. The molecule has 0 aromatic carbocycles. The number of nitrogens with one attached hydrogen (secondary N) is 1. The first-order valence-corrected chi connectivity index (χ1v) is 9.09. The molecule has 2 atom stereocenters. The normalized spacial score (nSPS) is 29.3. The van der Waals surface area contributed by atoms with Crippen LogP contribution in [0.4, 0.5) is 0 Å². The Bertz CT molecular complexity index is 394. The summed E-state index contributed by atoms with van der Waals surface area (Å²) in [5, 5.41) is 16.0. The van der Waals surface area contributed by atoms with Gasteiger partial charge in [0, 0.05) is 11.3 Å². The maximum absolute atomic E-state index is 12.8. The van der Waals surface area contributed by atoms with E-state index in [2.05, 4.69) is 17.4 Å². The first-order valence-electron chi connectivity index (χ1n) is 8.04. The highest BCUT2D eigenvalue weighted by Crippen LogP contribution is 2.38. The third-order valence-corrected chi connectivity index (χ3v) is 6.22. The van der Waals surface area contributed by atoms with E-state index >= 15 is 0 Å². The summed E-state index contributed by atoms with van der Waals surface area (Å²) >= 11 is 1.92. The Kier molecular flexibility index (Phi) is 5.79. The summed E-state index contributed by atoms with van der Waals surface area (Å²) in [4.78, 5) is 12.8. The zero-order chi connectivity index (χ0) is 15.3. The molecule has 21 heavy (non-hydrogen) atoms. The minimum Gasteiger partial charge on any atom is -0.409 e. The fourth-order valence-corrected chi connectivity index (χ4v) is 4.86. The molecule has 2 unspecified atom stereocenters. The summed E-state index contributed by atoms with van der Waals surface area (Å²) in [6.45, 7) is 2.15. The van der Waals surface area contributed by atoms with Crippen molar-refractivity contribution in [1.82, 2.24) is 5.32 Å². The maximum Gasteiger partial charge on any atom is 0.234 e. The van der Waals surface area contributed by atoms with Gasteiger partial charge in [-0.2, -0.15) is 11.8 Å². The molecule has 0 bridgehead atoms. The summed E-state index contributed by atoms with van der Waals surface area (Å²) in [6, 6.07) is 0.229. The van der Waals surface area contributed by atoms with E-state index in [-0.39, 0.29) is 17.8 Å². The quantitative estimate of drug-likeness (QED) is 0.315. The minimum atomic E-state index is -0.795. The Hall–Kier alpha value is -0.910. The Labute approximate surface area is 131 Å². The van der Waals surface area contributed by atoms with Gasteiger partial charge in [0.15, 0.2) is 5.84 Å². The van der Waals surface area contributed by atoms with E-state index in [1.165, 1.54) is 12.8 Å². The number of carbonyl (C=O) groups is 1. The number of oxime groups is 1. The number of hydrogen-bond donors (Lipinski definition) is 3. The summed E-state index contributed by atoms with van der Waals surface area (Å²) < 4.78 is 0. The molecule has 6 heteroatoms. The third kappa shape index (κ3) is 3.47. The van der Waals surface area contributed by atoms with E-state index in [0.717, 1.165) is 31.4 Å². The number of amides is 1. The van der Waals surface area contributed by atoms with Crippen LogP contribution in [0.2, 0.25) is 0 Å². The molecule has 120 valence electrons. The van der Waals surface area contributed by atoms with Gasteiger partial charge in [0.2, 0.25) is 5.91 Å². The third-order valence-electron chi connectivity index (χ3n) is 4.89. The second-order valence-corrected chi connectivity index (χ2v) is 7.65. The molecule has 5 nitrogen and oxygen atoms in total. The predicted molar refractivity (Wildman–Crippen MR) is 86.6 cm³/mol. The van der Waals surface area contributed by atoms with Gasteiger partial charge < -0.3 is 16.3 Å². The number of thioether (sulfide) groups is 1. The highest BCUT2D eigenvalue weighted by atomic mass is 32.2. The van der Waals surface area contributed by atoms with Crippen LogP contribution in [0.15, 0.2) is 5.16 Å². The van der Waals surface area contributed by atoms with Crippen LogP contribution in [0.25, 0.3) is 0 Å². The molecule has 2 aliphatic carbocycles. The van der Waals surface area contributed by atoms with Gasteiger partial charge in [-0.05, 0) is 31.4 Å². The highest BCUT2D eigenvalue weighted by molar-refractivity contribution is 7.99. The fourth-order valence-electron chi connectivity index (χ4n) is 3.66. The van der Waals surface area contributed by atoms with Crippen LogP contribution in [0.1, 0.15) is 58.3 Å². The molecule has 2 rings (SSSR count). The molecular formula is C15H27N3O2S. The van der Waals surface area contributed by atoms with E-state index in [9.17, 15) is 4.79 Å². The molecule has 0 aromatic heterocycles. The van der Waals surface area contributed by atoms with Gasteiger partial charge in [-0.1, -0.05) is 37.8 Å². The Morgan fingerprint density at radius 3 is 2.67 bits per heavy atom. The lowest BCUT2D eigenvalue weighted by Gasteiger charge is -2.36. The molecule has 2 aliphatic rings. The fraction of sp³-hybridized carbons (Fsp3) is 0.867. The zero-order valence-corrected chi connectivity index (χ0v) is 13.6. The monoisotopic (exact) mass is 313 g/mol. The van der Waals surface area contributed by atoms with Crippen molar-refractivity contribution in [3.05, 3.63) is 0 Å². The lowest BCUT2D eigenvalue weighted by atomic mass is 9.72. The van der Waals surface area contributed by atoms with Crippen molar-refractivity contribution in [2.24, 2.45) is 16.3 Å². The minimum absolute atomic E-state index is 0.0360. The van der Waals surface area contributed by atoms with E-state index < -0.39 is 5.41 Å². The standard InChI is InChI=1S/C15H27N3O2S/c1-2-21-12-8-6-7-11(12)17-14(19)15(13(16)18-20)9-4-3-5-10-15/h11-12,20H,2-10H2,1H3,(H2,16,18)(H,17,19). The Balaban J connectivity index is 2.08. The Morgan fingerprint density at radius 2 is 2.05 bits per heavy atom. The predicted octanol–water partition coefficient (Wildman–Crippen LogP) is 2.47. The number of amidine groups is 1. The molecule has 0 spiro atoms. The van der Waals surface area contributed by atoms with Crippen LogP contribution >= 0.6 is 11.8 Å². The van der Waals surface area contributed by atoms with Gasteiger partial charge in [-0.25, -0.2) is 0 Å². The number of hydrogen-bond acceptors (Lipinski definition) is 4. The van der Waals surface area contributed by atoms with Gasteiger partial charge in [-0.3, -0.25) is 4.79 Å². The van der Waals surface area contributed by atoms with E-state index in [1.54, 1.807) is 0 Å². The molecule has 0 heterocycles. The van der Waals surface area contributed by atoms with Crippen LogP contribution in [0.3, 0.4) is 0 Å². The maximum atomic E-state index is 12.8. The van der Waals surface area contributed by atoms with Crippen molar-refractivity contribution in [3.63, 3.8) is 0 Å². The van der Waals surface area contributed by atoms with Gasteiger partial charge in [-0.15, -0.1) is 0 Å². The average Bonchev–Trinajstić information content (AvgIpc) is 2.94. The largest absolute Gasteiger partial charge is 0.409 e. The average molecular weight is 313 g/mol. The molecule has 1 amide bonds. The second-order valence-electron chi connectivity index (χ2n) is 6.13. The van der Waals surface area contributed by atoms with Crippen LogP contribution in [-0.2, 0) is 4.79 Å². The molecule has 0 radical (unpaired) electrons. The molecule has 0 saturated heterocycles. The molecular weight excluding hydrogens is 286 g/mol. The van der Waals surface area contributed by atoms with Crippen molar-refractivity contribution >= 4 is 23.5 Å². The molecule has 0 aromatic rings. The number of nitrogens with zero attached hydrogens (tertiary/aromatic N) is 1. The molecule has 2 saturated carbocycles. The van der Waals surface area contributed by atoms with Gasteiger partial charge in [0.1, 0.15) is 5.41 Å².